The molecule has 0 saturated heterocycles. The maximum Gasteiger partial charge on any atom is 0.329 e. The molecule has 1 heterocycles. The van der Waals surface area contributed by atoms with Crippen molar-refractivity contribution in [3.63, 3.8) is 0 Å². The van der Waals surface area contributed by atoms with Crippen LogP contribution in [0.1, 0.15) is 25.5 Å². The van der Waals surface area contributed by atoms with Crippen LogP contribution in [-0.2, 0) is 11.2 Å². The van der Waals surface area contributed by atoms with Crippen LogP contribution in [0.15, 0.2) is 22.8 Å². The van der Waals surface area contributed by atoms with Crippen LogP contribution in [0.2, 0.25) is 0 Å². The summed E-state index contributed by atoms with van der Waals surface area (Å²) in [6, 6.07) is 3.15. The number of aliphatic carboxylic acids is 1. The van der Waals surface area contributed by atoms with Crippen LogP contribution < -0.4 is 10.6 Å². The van der Waals surface area contributed by atoms with Crippen LogP contribution in [0.25, 0.3) is 0 Å². The number of furan rings is 1. The molecule has 6 heteroatoms. The van der Waals surface area contributed by atoms with Crippen LogP contribution in [0.3, 0.4) is 0 Å². The Morgan fingerprint density at radius 2 is 2.26 bits per heavy atom. The number of hydrogen-bond acceptors (Lipinski definition) is 3. The quantitative estimate of drug-likeness (QED) is 0.725. The van der Waals surface area contributed by atoms with E-state index in [1.807, 2.05) is 6.07 Å². The summed E-state index contributed by atoms with van der Waals surface area (Å²) in [6.45, 7) is 1.96. The highest BCUT2D eigenvalue weighted by atomic mass is 16.4. The fraction of sp³-hybridized carbons (Fsp3) is 0.538. The number of carboxylic acid groups (broad SMARTS) is 1. The van der Waals surface area contributed by atoms with Gasteiger partial charge < -0.3 is 20.2 Å². The number of carbonyl (C=O) groups is 2. The highest BCUT2D eigenvalue weighted by Crippen LogP contribution is 2.39. The van der Waals surface area contributed by atoms with Crippen LogP contribution in [-0.4, -0.2) is 29.2 Å². The van der Waals surface area contributed by atoms with E-state index < -0.39 is 17.5 Å². The number of hydrogen-bond donors (Lipinski definition) is 3. The highest BCUT2D eigenvalue weighted by Gasteiger charge is 2.48. The van der Waals surface area contributed by atoms with E-state index in [1.165, 1.54) is 0 Å². The third-order valence-electron chi connectivity index (χ3n) is 3.45. The molecule has 0 spiro atoms. The van der Waals surface area contributed by atoms with Crippen molar-refractivity contribution in [1.29, 1.82) is 0 Å². The molecule has 1 aliphatic rings. The van der Waals surface area contributed by atoms with E-state index in [4.69, 9.17) is 4.42 Å². The van der Waals surface area contributed by atoms with E-state index in [1.54, 1.807) is 19.3 Å². The van der Waals surface area contributed by atoms with Gasteiger partial charge in [-0.15, -0.1) is 0 Å². The first kappa shape index (κ1) is 13.5. The van der Waals surface area contributed by atoms with Gasteiger partial charge >= 0.3 is 12.0 Å². The van der Waals surface area contributed by atoms with E-state index >= 15 is 0 Å². The second-order valence-corrected chi connectivity index (χ2v) is 4.99. The maximum absolute atomic E-state index is 11.7. The maximum atomic E-state index is 11.7. The number of nitrogens with one attached hydrogen (secondary N) is 2. The van der Waals surface area contributed by atoms with E-state index in [-0.39, 0.29) is 5.92 Å². The first-order valence-electron chi connectivity index (χ1n) is 6.34. The van der Waals surface area contributed by atoms with E-state index in [0.717, 1.165) is 18.6 Å². The van der Waals surface area contributed by atoms with Gasteiger partial charge in [-0.2, -0.15) is 0 Å². The average Bonchev–Trinajstić information content (AvgIpc) is 3.08. The number of carbonyl (C=O) groups excluding carboxylic acids is 1. The molecular weight excluding hydrogens is 248 g/mol. The van der Waals surface area contributed by atoms with E-state index in [2.05, 4.69) is 10.6 Å². The summed E-state index contributed by atoms with van der Waals surface area (Å²) in [6.07, 6.45) is 3.84. The summed E-state index contributed by atoms with van der Waals surface area (Å²) >= 11 is 0. The Labute approximate surface area is 111 Å². The monoisotopic (exact) mass is 266 g/mol. The van der Waals surface area contributed by atoms with Crippen molar-refractivity contribution in [3.8, 4) is 0 Å². The molecule has 104 valence electrons. The van der Waals surface area contributed by atoms with Crippen molar-refractivity contribution in [2.75, 3.05) is 6.54 Å². The fourth-order valence-corrected chi connectivity index (χ4v) is 2.02. The van der Waals surface area contributed by atoms with Gasteiger partial charge in [-0.05, 0) is 37.8 Å². The second kappa shape index (κ2) is 5.34. The average molecular weight is 266 g/mol. The molecule has 0 aliphatic heterocycles. The predicted octanol–water partition coefficient (Wildman–Crippen LogP) is 1.37. The van der Waals surface area contributed by atoms with Gasteiger partial charge in [0.2, 0.25) is 0 Å². The molecule has 0 aromatic carbocycles. The summed E-state index contributed by atoms with van der Waals surface area (Å²) in [4.78, 5) is 22.9. The Balaban J connectivity index is 1.78. The molecule has 1 fully saturated rings. The summed E-state index contributed by atoms with van der Waals surface area (Å²) in [7, 11) is 0. The van der Waals surface area contributed by atoms with Gasteiger partial charge in [0.15, 0.2) is 0 Å². The number of amides is 2. The molecule has 3 N–H and O–H groups in total. The minimum atomic E-state index is -1.17. The SMILES string of the molecule is CC(NC(=O)NCCc1ccco1)(C(=O)O)C1CC1. The summed E-state index contributed by atoms with van der Waals surface area (Å²) in [5.41, 5.74) is -1.17. The lowest BCUT2D eigenvalue weighted by Crippen LogP contribution is -2.56. The summed E-state index contributed by atoms with van der Waals surface area (Å²) in [5, 5.41) is 14.4. The molecule has 0 radical (unpaired) electrons. The highest BCUT2D eigenvalue weighted by molar-refractivity contribution is 5.86. The third-order valence-corrected chi connectivity index (χ3v) is 3.45. The molecule has 1 aliphatic carbocycles. The lowest BCUT2D eigenvalue weighted by atomic mass is 9.96. The van der Waals surface area contributed by atoms with Gasteiger partial charge in [-0.1, -0.05) is 0 Å². The molecule has 1 atom stereocenters. The van der Waals surface area contributed by atoms with Crippen molar-refractivity contribution in [2.24, 2.45) is 5.92 Å². The van der Waals surface area contributed by atoms with Crippen LogP contribution in [0.4, 0.5) is 4.79 Å². The first-order chi connectivity index (χ1) is 9.02. The Morgan fingerprint density at radius 3 is 2.79 bits per heavy atom. The minimum absolute atomic E-state index is 0.0285. The summed E-state index contributed by atoms with van der Waals surface area (Å²) < 4.78 is 5.14. The standard InChI is InChI=1S/C13H18N2O4/c1-13(11(16)17,9-4-5-9)15-12(18)14-7-6-10-3-2-8-19-10/h2-3,8-9H,4-7H2,1H3,(H,16,17)(H2,14,15,18). The Hall–Kier alpha value is -1.98. The van der Waals surface area contributed by atoms with Gasteiger partial charge in [0.25, 0.3) is 0 Å². The Bertz CT molecular complexity index is 453. The largest absolute Gasteiger partial charge is 0.480 e. The van der Waals surface area contributed by atoms with Crippen LogP contribution >= 0.6 is 0 Å². The minimum Gasteiger partial charge on any atom is -0.480 e. The second-order valence-electron chi connectivity index (χ2n) is 4.99. The van der Waals surface area contributed by atoms with Crippen molar-refractivity contribution in [2.45, 2.75) is 31.7 Å². The zero-order valence-corrected chi connectivity index (χ0v) is 10.8. The van der Waals surface area contributed by atoms with Crippen molar-refractivity contribution >= 4 is 12.0 Å². The third kappa shape index (κ3) is 3.27. The van der Waals surface area contributed by atoms with Crippen molar-refractivity contribution in [3.05, 3.63) is 24.2 Å². The van der Waals surface area contributed by atoms with E-state index in [0.29, 0.717) is 13.0 Å². The molecule has 19 heavy (non-hydrogen) atoms. The first-order valence-corrected chi connectivity index (χ1v) is 6.34. The molecule has 1 aromatic heterocycles. The summed E-state index contributed by atoms with van der Waals surface area (Å²) in [5.74, 6) is -0.180. The van der Waals surface area contributed by atoms with Crippen molar-refractivity contribution in [1.82, 2.24) is 10.6 Å². The molecule has 2 rings (SSSR count). The Kier molecular flexibility index (Phi) is 3.78. The van der Waals surface area contributed by atoms with Crippen LogP contribution in [0.5, 0.6) is 0 Å². The lowest BCUT2D eigenvalue weighted by Gasteiger charge is -2.26. The molecule has 1 aromatic rings. The van der Waals surface area contributed by atoms with Gasteiger partial charge in [0, 0.05) is 13.0 Å². The fourth-order valence-electron chi connectivity index (χ4n) is 2.02. The van der Waals surface area contributed by atoms with Gasteiger partial charge in [-0.3, -0.25) is 0 Å². The van der Waals surface area contributed by atoms with E-state index in [9.17, 15) is 14.7 Å². The molecule has 2 amide bonds. The molecule has 1 saturated carbocycles. The van der Waals surface area contributed by atoms with Crippen LogP contribution in [0, 0.1) is 5.92 Å². The number of carboxylic acids is 1. The molecule has 1 unspecified atom stereocenters. The van der Waals surface area contributed by atoms with Gasteiger partial charge in [0.1, 0.15) is 11.3 Å². The topological polar surface area (TPSA) is 91.6 Å². The molecule has 0 bridgehead atoms. The number of rotatable bonds is 6. The molecular formula is C13H18N2O4. The van der Waals surface area contributed by atoms with Gasteiger partial charge in [0.05, 0.1) is 6.26 Å². The number of urea groups is 1. The predicted molar refractivity (Wildman–Crippen MR) is 67.7 cm³/mol. The zero-order valence-electron chi connectivity index (χ0n) is 10.8. The zero-order chi connectivity index (χ0) is 13.9. The smallest absolute Gasteiger partial charge is 0.329 e. The van der Waals surface area contributed by atoms with Crippen molar-refractivity contribution < 1.29 is 19.1 Å². The Morgan fingerprint density at radius 1 is 1.53 bits per heavy atom. The normalized spacial score (nSPS) is 17.5. The van der Waals surface area contributed by atoms with Gasteiger partial charge in [-0.25, -0.2) is 9.59 Å². The molecule has 6 nitrogen and oxygen atoms in total. The lowest BCUT2D eigenvalue weighted by molar-refractivity contribution is -0.144.